The van der Waals surface area contributed by atoms with E-state index in [4.69, 9.17) is 21.4 Å². The molecule has 0 aliphatic carbocycles. The first kappa shape index (κ1) is 20.7. The highest BCUT2D eigenvalue weighted by molar-refractivity contribution is 7.10. The SMILES string of the molecule is CCc1ccc(-c2snc(Cl)c2COc2c(F)cc(CCCO)cc2F)cc1. The Morgan fingerprint density at radius 3 is 2.39 bits per heavy atom. The van der Waals surface area contributed by atoms with Crippen LogP contribution in [0.1, 0.15) is 30.0 Å². The summed E-state index contributed by atoms with van der Waals surface area (Å²) in [5.74, 6) is -2.00. The minimum Gasteiger partial charge on any atom is -0.483 e. The Balaban J connectivity index is 1.81. The number of nitrogens with zero attached hydrogens (tertiary/aromatic N) is 1. The molecule has 1 aromatic heterocycles. The maximum atomic E-state index is 14.3. The molecule has 3 aromatic rings. The number of benzene rings is 2. The van der Waals surface area contributed by atoms with Gasteiger partial charge < -0.3 is 9.84 Å². The lowest BCUT2D eigenvalue weighted by Crippen LogP contribution is -2.02. The highest BCUT2D eigenvalue weighted by atomic mass is 35.5. The van der Waals surface area contributed by atoms with Gasteiger partial charge >= 0.3 is 0 Å². The van der Waals surface area contributed by atoms with Crippen molar-refractivity contribution in [1.29, 1.82) is 0 Å². The highest BCUT2D eigenvalue weighted by Crippen LogP contribution is 2.35. The van der Waals surface area contributed by atoms with Crippen molar-refractivity contribution in [2.75, 3.05) is 6.61 Å². The number of aromatic nitrogens is 1. The van der Waals surface area contributed by atoms with Crippen LogP contribution in [-0.2, 0) is 19.4 Å². The van der Waals surface area contributed by atoms with Gasteiger partial charge in [-0.25, -0.2) is 8.78 Å². The molecule has 2 aromatic carbocycles. The van der Waals surface area contributed by atoms with Crippen molar-refractivity contribution in [3.63, 3.8) is 0 Å². The Labute approximate surface area is 171 Å². The second kappa shape index (κ2) is 9.45. The molecular formula is C21H20ClF2NO2S. The van der Waals surface area contributed by atoms with Gasteiger partial charge in [-0.05, 0) is 59.6 Å². The number of hydrogen-bond acceptors (Lipinski definition) is 4. The van der Waals surface area contributed by atoms with Crippen molar-refractivity contribution >= 4 is 23.1 Å². The highest BCUT2D eigenvalue weighted by Gasteiger charge is 2.18. The molecule has 0 saturated carbocycles. The lowest BCUT2D eigenvalue weighted by Gasteiger charge is -2.11. The molecule has 0 amide bonds. The zero-order valence-corrected chi connectivity index (χ0v) is 16.9. The molecule has 0 aliphatic heterocycles. The van der Waals surface area contributed by atoms with Crippen LogP contribution in [0.15, 0.2) is 36.4 Å². The average molecular weight is 424 g/mol. The van der Waals surface area contributed by atoms with Crippen molar-refractivity contribution in [3.05, 3.63) is 69.9 Å². The van der Waals surface area contributed by atoms with Crippen LogP contribution in [0, 0.1) is 11.6 Å². The minimum absolute atomic E-state index is 0.0346. The molecule has 0 fully saturated rings. The fourth-order valence-corrected chi connectivity index (χ4v) is 3.95. The van der Waals surface area contributed by atoms with Crippen molar-refractivity contribution in [1.82, 2.24) is 4.37 Å². The molecule has 3 rings (SSSR count). The second-order valence-electron chi connectivity index (χ2n) is 6.34. The summed E-state index contributed by atoms with van der Waals surface area (Å²) in [7, 11) is 0. The molecule has 0 bridgehead atoms. The maximum Gasteiger partial charge on any atom is 0.191 e. The van der Waals surface area contributed by atoms with Crippen molar-refractivity contribution in [2.45, 2.75) is 32.8 Å². The number of hydrogen-bond donors (Lipinski definition) is 1. The van der Waals surface area contributed by atoms with Gasteiger partial charge in [-0.2, -0.15) is 4.37 Å². The summed E-state index contributed by atoms with van der Waals surface area (Å²) in [5, 5.41) is 9.12. The zero-order valence-electron chi connectivity index (χ0n) is 15.3. The molecular weight excluding hydrogens is 404 g/mol. The number of halogens is 3. The summed E-state index contributed by atoms with van der Waals surface area (Å²) in [5.41, 5.74) is 3.21. The number of rotatable bonds is 8. The van der Waals surface area contributed by atoms with E-state index in [0.29, 0.717) is 24.0 Å². The lowest BCUT2D eigenvalue weighted by molar-refractivity contribution is 0.273. The van der Waals surface area contributed by atoms with Gasteiger partial charge in [0.25, 0.3) is 0 Å². The Kier molecular flexibility index (Phi) is 6.99. The first-order chi connectivity index (χ1) is 13.5. The summed E-state index contributed by atoms with van der Waals surface area (Å²) in [6.07, 6.45) is 1.77. The van der Waals surface area contributed by atoms with Crippen LogP contribution in [0.3, 0.4) is 0 Å². The normalized spacial score (nSPS) is 11.0. The molecule has 0 atom stereocenters. The van der Waals surface area contributed by atoms with Gasteiger partial charge in [0.1, 0.15) is 11.8 Å². The van der Waals surface area contributed by atoms with Crippen LogP contribution in [0.2, 0.25) is 5.15 Å². The van der Waals surface area contributed by atoms with Gasteiger partial charge in [-0.15, -0.1) is 0 Å². The quantitative estimate of drug-likeness (QED) is 0.497. The standard InChI is InChI=1S/C21H20ClF2NO2S/c1-2-13-5-7-15(8-6-13)20-16(21(22)25-28-20)12-27-19-17(23)10-14(4-3-9-26)11-18(19)24/h5-8,10-11,26H,2-4,9,12H2,1H3. The molecule has 3 nitrogen and oxygen atoms in total. The van der Waals surface area contributed by atoms with Crippen LogP contribution in [0.25, 0.3) is 10.4 Å². The van der Waals surface area contributed by atoms with E-state index in [1.165, 1.54) is 29.2 Å². The fraction of sp³-hybridized carbons (Fsp3) is 0.286. The van der Waals surface area contributed by atoms with Crippen molar-refractivity contribution < 1.29 is 18.6 Å². The largest absolute Gasteiger partial charge is 0.483 e. The number of ether oxygens (including phenoxy) is 1. The van der Waals surface area contributed by atoms with E-state index in [-0.39, 0.29) is 18.4 Å². The molecule has 0 aliphatic rings. The molecule has 148 valence electrons. The Bertz CT molecular complexity index is 921. The van der Waals surface area contributed by atoms with Gasteiger partial charge in [0.05, 0.1) is 4.88 Å². The van der Waals surface area contributed by atoms with Crippen molar-refractivity contribution in [3.8, 4) is 16.2 Å². The van der Waals surface area contributed by atoms with E-state index in [1.807, 2.05) is 24.3 Å². The Morgan fingerprint density at radius 2 is 1.79 bits per heavy atom. The molecule has 7 heteroatoms. The van der Waals surface area contributed by atoms with Gasteiger partial charge in [0.2, 0.25) is 0 Å². The predicted octanol–water partition coefficient (Wildman–Crippen LogP) is 5.81. The maximum absolute atomic E-state index is 14.3. The van der Waals surface area contributed by atoms with Crippen molar-refractivity contribution in [2.24, 2.45) is 0 Å². The average Bonchev–Trinajstić information content (AvgIpc) is 3.06. The second-order valence-corrected chi connectivity index (χ2v) is 7.47. The summed E-state index contributed by atoms with van der Waals surface area (Å²) < 4.78 is 38.2. The lowest BCUT2D eigenvalue weighted by atomic mass is 10.1. The molecule has 0 radical (unpaired) electrons. The van der Waals surface area contributed by atoms with Crippen LogP contribution in [0.4, 0.5) is 8.78 Å². The molecule has 0 unspecified atom stereocenters. The molecule has 0 spiro atoms. The van der Waals surface area contributed by atoms with Gasteiger partial charge in [0.15, 0.2) is 17.4 Å². The van der Waals surface area contributed by atoms with Crippen LogP contribution in [-0.4, -0.2) is 16.1 Å². The topological polar surface area (TPSA) is 42.4 Å². The first-order valence-electron chi connectivity index (χ1n) is 8.98. The summed E-state index contributed by atoms with van der Waals surface area (Å²) in [6.45, 7) is 1.95. The fourth-order valence-electron chi connectivity index (χ4n) is 2.86. The first-order valence-corrected chi connectivity index (χ1v) is 10.1. The third-order valence-electron chi connectivity index (χ3n) is 4.41. The molecule has 1 heterocycles. The smallest absolute Gasteiger partial charge is 0.191 e. The van der Waals surface area contributed by atoms with E-state index < -0.39 is 17.4 Å². The monoisotopic (exact) mass is 423 g/mol. The van der Waals surface area contributed by atoms with Gasteiger partial charge in [0, 0.05) is 12.2 Å². The summed E-state index contributed by atoms with van der Waals surface area (Å²) in [6, 6.07) is 10.5. The predicted molar refractivity (Wildman–Crippen MR) is 108 cm³/mol. The van der Waals surface area contributed by atoms with Crippen LogP contribution >= 0.6 is 23.1 Å². The van der Waals surface area contributed by atoms with Crippen LogP contribution in [0.5, 0.6) is 5.75 Å². The third kappa shape index (κ3) is 4.69. The number of aliphatic hydroxyl groups excluding tert-OH is 1. The third-order valence-corrected chi connectivity index (χ3v) is 5.76. The van der Waals surface area contributed by atoms with E-state index >= 15 is 0 Å². The molecule has 1 N–H and O–H groups in total. The van der Waals surface area contributed by atoms with E-state index in [1.54, 1.807) is 0 Å². The molecule has 0 saturated heterocycles. The minimum atomic E-state index is -0.777. The summed E-state index contributed by atoms with van der Waals surface area (Å²) >= 11 is 7.41. The molecule has 28 heavy (non-hydrogen) atoms. The number of aliphatic hydroxyl groups is 1. The zero-order chi connectivity index (χ0) is 20.1. The van der Waals surface area contributed by atoms with E-state index in [9.17, 15) is 8.78 Å². The number of aryl methyl sites for hydroxylation is 2. The van der Waals surface area contributed by atoms with Gasteiger partial charge in [-0.1, -0.05) is 42.8 Å². The Hall–Kier alpha value is -2.02. The van der Waals surface area contributed by atoms with E-state index in [0.717, 1.165) is 16.9 Å². The van der Waals surface area contributed by atoms with E-state index in [2.05, 4.69) is 11.3 Å². The van der Waals surface area contributed by atoms with Crippen LogP contribution < -0.4 is 4.74 Å². The van der Waals surface area contributed by atoms with Gasteiger partial charge in [-0.3, -0.25) is 0 Å². The Morgan fingerprint density at radius 1 is 1.11 bits per heavy atom. The summed E-state index contributed by atoms with van der Waals surface area (Å²) in [4.78, 5) is 0.813.